The summed E-state index contributed by atoms with van der Waals surface area (Å²) in [5.41, 5.74) is 1.52. The molecule has 5 heteroatoms. The van der Waals surface area contributed by atoms with Crippen LogP contribution < -0.4 is 0 Å². The fourth-order valence-electron chi connectivity index (χ4n) is 3.02. The number of aryl methyl sites for hydroxylation is 1. The van der Waals surface area contributed by atoms with E-state index in [4.69, 9.17) is 13.9 Å². The number of nitrogens with zero attached hydrogens (tertiary/aromatic N) is 1. The van der Waals surface area contributed by atoms with Crippen molar-refractivity contribution in [1.82, 2.24) is 4.90 Å². The number of carbonyl (C=O) groups is 1. The van der Waals surface area contributed by atoms with E-state index in [0.29, 0.717) is 26.3 Å². The number of hydrogen-bond donors (Lipinski definition) is 0. The molecule has 0 N–H and O–H groups in total. The van der Waals surface area contributed by atoms with E-state index in [1.54, 1.807) is 4.90 Å². The Morgan fingerprint density at radius 3 is 2.92 bits per heavy atom. The van der Waals surface area contributed by atoms with Gasteiger partial charge in [-0.05, 0) is 32.9 Å². The average molecular weight is 343 g/mol. The van der Waals surface area contributed by atoms with Crippen molar-refractivity contribution in [2.24, 2.45) is 0 Å². The SMILES string of the molecule is C=CC(=O)N(Cc1cccc2cc(C)oc12)CC1COC(C)(C)CO1. The van der Waals surface area contributed by atoms with Gasteiger partial charge in [0.05, 0.1) is 24.9 Å². The van der Waals surface area contributed by atoms with Gasteiger partial charge in [0.15, 0.2) is 0 Å². The van der Waals surface area contributed by atoms with Crippen molar-refractivity contribution in [3.63, 3.8) is 0 Å². The van der Waals surface area contributed by atoms with E-state index in [0.717, 1.165) is 22.3 Å². The highest BCUT2D eigenvalue weighted by Crippen LogP contribution is 2.25. The molecule has 134 valence electrons. The molecule has 5 nitrogen and oxygen atoms in total. The first-order valence-electron chi connectivity index (χ1n) is 8.53. The van der Waals surface area contributed by atoms with Crippen LogP contribution in [0, 0.1) is 6.92 Å². The molecule has 1 aromatic heterocycles. The number of rotatable bonds is 5. The van der Waals surface area contributed by atoms with E-state index < -0.39 is 0 Å². The molecular formula is C20H25NO4. The minimum atomic E-state index is -0.277. The van der Waals surface area contributed by atoms with E-state index in [2.05, 4.69) is 6.58 Å². The lowest BCUT2D eigenvalue weighted by Gasteiger charge is -2.37. The van der Waals surface area contributed by atoms with Gasteiger partial charge in [-0.15, -0.1) is 0 Å². The number of carbonyl (C=O) groups excluding carboxylic acids is 1. The molecule has 1 aromatic carbocycles. The highest BCUT2D eigenvalue weighted by molar-refractivity contribution is 5.87. The van der Waals surface area contributed by atoms with Crippen LogP contribution in [0.25, 0.3) is 11.0 Å². The molecule has 2 aromatic rings. The number of para-hydroxylation sites is 1. The molecule has 1 aliphatic heterocycles. The summed E-state index contributed by atoms with van der Waals surface area (Å²) in [6.45, 7) is 11.4. The van der Waals surface area contributed by atoms with Crippen molar-refractivity contribution in [3.8, 4) is 0 Å². The van der Waals surface area contributed by atoms with E-state index in [1.165, 1.54) is 6.08 Å². The molecule has 1 aliphatic rings. The number of furan rings is 1. The van der Waals surface area contributed by atoms with E-state index in [9.17, 15) is 4.79 Å². The zero-order valence-electron chi connectivity index (χ0n) is 15.1. The summed E-state index contributed by atoms with van der Waals surface area (Å²) in [7, 11) is 0. The number of amides is 1. The zero-order chi connectivity index (χ0) is 18.0. The maximum absolute atomic E-state index is 12.3. The van der Waals surface area contributed by atoms with Crippen LogP contribution in [-0.4, -0.2) is 42.3 Å². The maximum atomic E-state index is 12.3. The fraction of sp³-hybridized carbons (Fsp3) is 0.450. The van der Waals surface area contributed by atoms with Crippen LogP contribution in [0.2, 0.25) is 0 Å². The number of hydrogen-bond acceptors (Lipinski definition) is 4. The first kappa shape index (κ1) is 17.7. The van der Waals surface area contributed by atoms with Crippen molar-refractivity contribution >= 4 is 16.9 Å². The zero-order valence-corrected chi connectivity index (χ0v) is 15.1. The molecule has 0 radical (unpaired) electrons. The van der Waals surface area contributed by atoms with Crippen LogP contribution >= 0.6 is 0 Å². The predicted octanol–water partition coefficient (Wildman–Crippen LogP) is 3.45. The maximum Gasteiger partial charge on any atom is 0.246 e. The van der Waals surface area contributed by atoms with Crippen LogP contribution in [0.3, 0.4) is 0 Å². The summed E-state index contributed by atoms with van der Waals surface area (Å²) in [5.74, 6) is 0.726. The Morgan fingerprint density at radius 1 is 1.44 bits per heavy atom. The summed E-state index contributed by atoms with van der Waals surface area (Å²) in [4.78, 5) is 14.1. The first-order valence-corrected chi connectivity index (χ1v) is 8.53. The van der Waals surface area contributed by atoms with E-state index in [-0.39, 0.29) is 17.6 Å². The topological polar surface area (TPSA) is 51.9 Å². The summed E-state index contributed by atoms with van der Waals surface area (Å²) in [5, 5.41) is 1.04. The largest absolute Gasteiger partial charge is 0.461 e. The van der Waals surface area contributed by atoms with Crippen LogP contribution in [0.1, 0.15) is 25.2 Å². The lowest BCUT2D eigenvalue weighted by atomic mass is 10.1. The molecule has 3 rings (SSSR count). The second-order valence-corrected chi connectivity index (χ2v) is 7.12. The molecule has 1 fully saturated rings. The molecule has 1 amide bonds. The standard InChI is InChI=1S/C20H25NO4/c1-5-18(22)21(11-17-12-24-20(3,4)13-23-17)10-16-8-6-7-15-9-14(2)25-19(15)16/h5-9,17H,1,10-13H2,2-4H3. The van der Waals surface area contributed by atoms with Gasteiger partial charge < -0.3 is 18.8 Å². The van der Waals surface area contributed by atoms with Gasteiger partial charge in [0, 0.05) is 24.0 Å². The number of fused-ring (bicyclic) bond motifs is 1. The van der Waals surface area contributed by atoms with Gasteiger partial charge in [0.1, 0.15) is 11.3 Å². The minimum absolute atomic E-state index is 0.131. The predicted molar refractivity (Wildman–Crippen MR) is 96.3 cm³/mol. The van der Waals surface area contributed by atoms with Gasteiger partial charge in [-0.25, -0.2) is 0 Å². The monoisotopic (exact) mass is 343 g/mol. The molecule has 25 heavy (non-hydrogen) atoms. The van der Waals surface area contributed by atoms with E-state index >= 15 is 0 Å². The van der Waals surface area contributed by atoms with Gasteiger partial charge in [-0.1, -0.05) is 24.8 Å². The highest BCUT2D eigenvalue weighted by atomic mass is 16.6. The average Bonchev–Trinajstić information content (AvgIpc) is 2.96. The number of ether oxygens (including phenoxy) is 2. The van der Waals surface area contributed by atoms with Crippen LogP contribution in [0.5, 0.6) is 0 Å². The van der Waals surface area contributed by atoms with Crippen molar-refractivity contribution in [2.75, 3.05) is 19.8 Å². The van der Waals surface area contributed by atoms with Gasteiger partial charge >= 0.3 is 0 Å². The third kappa shape index (κ3) is 4.11. The third-order valence-electron chi connectivity index (χ3n) is 4.35. The normalized spacial score (nSPS) is 19.7. The Morgan fingerprint density at radius 2 is 2.24 bits per heavy atom. The Kier molecular flexibility index (Phi) is 4.97. The van der Waals surface area contributed by atoms with Gasteiger partial charge in [-0.3, -0.25) is 4.79 Å². The van der Waals surface area contributed by atoms with Crippen LogP contribution in [-0.2, 0) is 20.8 Å². The van der Waals surface area contributed by atoms with Gasteiger partial charge in [0.2, 0.25) is 5.91 Å². The highest BCUT2D eigenvalue weighted by Gasteiger charge is 2.30. The third-order valence-corrected chi connectivity index (χ3v) is 4.35. The Balaban J connectivity index is 1.77. The quantitative estimate of drug-likeness (QED) is 0.780. The molecular weight excluding hydrogens is 318 g/mol. The second-order valence-electron chi connectivity index (χ2n) is 7.12. The Hall–Kier alpha value is -2.11. The van der Waals surface area contributed by atoms with Gasteiger partial charge in [0.25, 0.3) is 0 Å². The molecule has 0 aliphatic carbocycles. The first-order chi connectivity index (χ1) is 11.9. The van der Waals surface area contributed by atoms with Crippen LogP contribution in [0.4, 0.5) is 0 Å². The van der Waals surface area contributed by atoms with Crippen molar-refractivity contribution < 1.29 is 18.7 Å². The van der Waals surface area contributed by atoms with Crippen molar-refractivity contribution in [2.45, 2.75) is 39.0 Å². The molecule has 0 saturated carbocycles. The second kappa shape index (κ2) is 7.02. The Labute approximate surface area is 148 Å². The lowest BCUT2D eigenvalue weighted by molar-refractivity contribution is -0.180. The molecule has 2 heterocycles. The fourth-order valence-corrected chi connectivity index (χ4v) is 3.02. The van der Waals surface area contributed by atoms with Crippen molar-refractivity contribution in [3.05, 3.63) is 48.2 Å². The molecule has 1 saturated heterocycles. The molecule has 1 unspecified atom stereocenters. The van der Waals surface area contributed by atoms with Crippen LogP contribution in [0.15, 0.2) is 41.3 Å². The molecule has 0 spiro atoms. The minimum Gasteiger partial charge on any atom is -0.461 e. The van der Waals surface area contributed by atoms with E-state index in [1.807, 2.05) is 45.0 Å². The number of benzene rings is 1. The van der Waals surface area contributed by atoms with Crippen molar-refractivity contribution in [1.29, 1.82) is 0 Å². The summed E-state index contributed by atoms with van der Waals surface area (Å²) in [6.07, 6.45) is 1.19. The lowest BCUT2D eigenvalue weighted by Crippen LogP contribution is -2.47. The molecule has 0 bridgehead atoms. The summed E-state index contributed by atoms with van der Waals surface area (Å²) in [6, 6.07) is 7.97. The smallest absolute Gasteiger partial charge is 0.246 e. The summed E-state index contributed by atoms with van der Waals surface area (Å²) < 4.78 is 17.5. The Bertz CT molecular complexity index is 767. The van der Waals surface area contributed by atoms with Gasteiger partial charge in [-0.2, -0.15) is 0 Å². The summed E-state index contributed by atoms with van der Waals surface area (Å²) >= 11 is 0. The molecule has 1 atom stereocenters.